The normalized spacial score (nSPS) is 11.9. The average Bonchev–Trinajstić information content (AvgIpc) is 2.76. The Hall–Kier alpha value is -0.380. The van der Waals surface area contributed by atoms with Crippen LogP contribution in [0.15, 0.2) is 12.2 Å². The highest BCUT2D eigenvalue weighted by atomic mass is 16.7. The zero-order chi connectivity index (χ0) is 22.0. The predicted octanol–water partition coefficient (Wildman–Crippen LogP) is 8.35. The van der Waals surface area contributed by atoms with Crippen molar-refractivity contribution in [2.24, 2.45) is 0 Å². The third kappa shape index (κ3) is 23.9. The highest BCUT2D eigenvalue weighted by molar-refractivity contribution is 4.80. The highest BCUT2D eigenvalue weighted by Gasteiger charge is 2.09. The van der Waals surface area contributed by atoms with Gasteiger partial charge in [0, 0.05) is 19.8 Å². The molecule has 0 spiro atoms. The van der Waals surface area contributed by atoms with Crippen LogP contribution in [0.2, 0.25) is 0 Å². The van der Waals surface area contributed by atoms with Gasteiger partial charge in [-0.15, -0.1) is 0 Å². The van der Waals surface area contributed by atoms with E-state index < -0.39 is 0 Å². The standard InChI is InChI=1S/C27H54O3/c1-3-5-7-9-17-21-25-29-27(30-26-22-18-10-8-6-4-2)23-19-15-13-11-12-14-16-20-24-28/h14,16,27-28H,3-13,15,17-26H2,1-2H3/b16-14-. The van der Waals surface area contributed by atoms with Crippen LogP contribution in [-0.2, 0) is 9.47 Å². The molecule has 0 bridgehead atoms. The van der Waals surface area contributed by atoms with Crippen molar-refractivity contribution in [2.75, 3.05) is 19.8 Å². The Morgan fingerprint density at radius 3 is 1.60 bits per heavy atom. The van der Waals surface area contributed by atoms with Gasteiger partial charge < -0.3 is 14.6 Å². The Morgan fingerprint density at radius 2 is 1.03 bits per heavy atom. The summed E-state index contributed by atoms with van der Waals surface area (Å²) in [5.41, 5.74) is 0. The molecule has 0 unspecified atom stereocenters. The number of unbranched alkanes of at least 4 members (excludes halogenated alkanes) is 14. The van der Waals surface area contributed by atoms with Crippen molar-refractivity contribution in [1.82, 2.24) is 0 Å². The molecule has 0 aromatic heterocycles. The lowest BCUT2D eigenvalue weighted by Gasteiger charge is -2.19. The topological polar surface area (TPSA) is 38.7 Å². The van der Waals surface area contributed by atoms with E-state index in [1.165, 1.54) is 103 Å². The van der Waals surface area contributed by atoms with Gasteiger partial charge in [0.05, 0.1) is 0 Å². The molecule has 0 radical (unpaired) electrons. The molecular weight excluding hydrogens is 372 g/mol. The van der Waals surface area contributed by atoms with Gasteiger partial charge in [-0.3, -0.25) is 0 Å². The monoisotopic (exact) mass is 426 g/mol. The van der Waals surface area contributed by atoms with E-state index in [4.69, 9.17) is 14.6 Å². The van der Waals surface area contributed by atoms with Crippen molar-refractivity contribution in [3.05, 3.63) is 12.2 Å². The molecule has 0 fully saturated rings. The van der Waals surface area contributed by atoms with Gasteiger partial charge in [-0.2, -0.15) is 0 Å². The summed E-state index contributed by atoms with van der Waals surface area (Å²) in [6.45, 7) is 6.49. The molecule has 0 aliphatic heterocycles. The van der Waals surface area contributed by atoms with E-state index in [1.54, 1.807) is 0 Å². The second-order valence-electron chi connectivity index (χ2n) is 8.68. The molecular formula is C27H54O3. The van der Waals surface area contributed by atoms with E-state index in [9.17, 15) is 0 Å². The van der Waals surface area contributed by atoms with Crippen molar-refractivity contribution in [1.29, 1.82) is 0 Å². The second kappa shape index (κ2) is 26.7. The summed E-state index contributed by atoms with van der Waals surface area (Å²) in [4.78, 5) is 0. The lowest BCUT2D eigenvalue weighted by molar-refractivity contribution is -0.148. The maximum absolute atomic E-state index is 8.77. The molecule has 0 aliphatic carbocycles. The first kappa shape index (κ1) is 29.6. The zero-order valence-corrected chi connectivity index (χ0v) is 20.6. The van der Waals surface area contributed by atoms with Crippen molar-refractivity contribution in [3.8, 4) is 0 Å². The van der Waals surface area contributed by atoms with Crippen LogP contribution in [0.25, 0.3) is 0 Å². The number of aliphatic hydroxyl groups excluding tert-OH is 1. The summed E-state index contributed by atoms with van der Waals surface area (Å²) < 4.78 is 12.2. The Morgan fingerprint density at radius 1 is 0.567 bits per heavy atom. The van der Waals surface area contributed by atoms with Crippen molar-refractivity contribution in [2.45, 2.75) is 142 Å². The van der Waals surface area contributed by atoms with Crippen LogP contribution in [0.3, 0.4) is 0 Å². The van der Waals surface area contributed by atoms with Gasteiger partial charge in [0.25, 0.3) is 0 Å². The van der Waals surface area contributed by atoms with Crippen molar-refractivity contribution >= 4 is 0 Å². The number of aliphatic hydroxyl groups is 1. The molecule has 0 atom stereocenters. The Labute approximate surface area is 189 Å². The molecule has 1 N–H and O–H groups in total. The summed E-state index contributed by atoms with van der Waals surface area (Å²) in [5.74, 6) is 0. The van der Waals surface area contributed by atoms with Gasteiger partial charge in [-0.1, -0.05) is 103 Å². The summed E-state index contributed by atoms with van der Waals surface area (Å²) in [6.07, 6.45) is 27.9. The predicted molar refractivity (Wildman–Crippen MR) is 131 cm³/mol. The smallest absolute Gasteiger partial charge is 0.157 e. The Kier molecular flexibility index (Phi) is 26.3. The van der Waals surface area contributed by atoms with Gasteiger partial charge in [-0.05, 0) is 44.9 Å². The molecule has 30 heavy (non-hydrogen) atoms. The summed E-state index contributed by atoms with van der Waals surface area (Å²) in [5, 5.41) is 8.77. The fraction of sp³-hybridized carbons (Fsp3) is 0.926. The van der Waals surface area contributed by atoms with E-state index in [-0.39, 0.29) is 12.9 Å². The maximum atomic E-state index is 8.77. The summed E-state index contributed by atoms with van der Waals surface area (Å²) >= 11 is 0. The third-order valence-corrected chi connectivity index (χ3v) is 5.63. The van der Waals surface area contributed by atoms with Crippen LogP contribution in [0, 0.1) is 0 Å². The number of hydrogen-bond donors (Lipinski definition) is 1. The van der Waals surface area contributed by atoms with Crippen LogP contribution in [0.5, 0.6) is 0 Å². The minimum atomic E-state index is 0.000679. The number of hydrogen-bond acceptors (Lipinski definition) is 3. The Bertz CT molecular complexity index is 312. The zero-order valence-electron chi connectivity index (χ0n) is 20.6. The number of ether oxygens (including phenoxy) is 2. The van der Waals surface area contributed by atoms with Crippen LogP contribution >= 0.6 is 0 Å². The highest BCUT2D eigenvalue weighted by Crippen LogP contribution is 2.14. The first-order chi connectivity index (χ1) is 14.8. The third-order valence-electron chi connectivity index (χ3n) is 5.63. The number of allylic oxidation sites excluding steroid dienone is 1. The van der Waals surface area contributed by atoms with Crippen molar-refractivity contribution in [3.63, 3.8) is 0 Å². The molecule has 180 valence electrons. The summed E-state index contributed by atoms with van der Waals surface area (Å²) in [7, 11) is 0. The molecule has 0 amide bonds. The van der Waals surface area contributed by atoms with E-state index in [2.05, 4.69) is 26.0 Å². The fourth-order valence-corrected chi connectivity index (χ4v) is 3.65. The first-order valence-corrected chi connectivity index (χ1v) is 13.3. The van der Waals surface area contributed by atoms with Crippen LogP contribution in [0.4, 0.5) is 0 Å². The maximum Gasteiger partial charge on any atom is 0.157 e. The van der Waals surface area contributed by atoms with Crippen LogP contribution in [0.1, 0.15) is 136 Å². The molecule has 0 heterocycles. The molecule has 0 aliphatic rings. The van der Waals surface area contributed by atoms with Crippen LogP contribution < -0.4 is 0 Å². The summed E-state index contributed by atoms with van der Waals surface area (Å²) in [6, 6.07) is 0. The second-order valence-corrected chi connectivity index (χ2v) is 8.68. The van der Waals surface area contributed by atoms with Gasteiger partial charge in [0.2, 0.25) is 0 Å². The van der Waals surface area contributed by atoms with E-state index in [0.29, 0.717) is 0 Å². The van der Waals surface area contributed by atoms with E-state index in [1.807, 2.05) is 0 Å². The van der Waals surface area contributed by atoms with Gasteiger partial charge in [0.1, 0.15) is 0 Å². The van der Waals surface area contributed by atoms with E-state index >= 15 is 0 Å². The minimum absolute atomic E-state index is 0.000679. The largest absolute Gasteiger partial charge is 0.396 e. The molecule has 0 saturated carbocycles. The average molecular weight is 427 g/mol. The van der Waals surface area contributed by atoms with Crippen molar-refractivity contribution < 1.29 is 14.6 Å². The number of rotatable bonds is 25. The lowest BCUT2D eigenvalue weighted by Crippen LogP contribution is -2.19. The lowest BCUT2D eigenvalue weighted by atomic mass is 10.1. The quantitative estimate of drug-likeness (QED) is 0.0905. The van der Waals surface area contributed by atoms with Crippen LogP contribution in [-0.4, -0.2) is 31.2 Å². The molecule has 0 rings (SSSR count). The SMILES string of the molecule is CCCCCCCCOC(CCCCCC/C=C\CCO)OCCCCCCCC. The molecule has 0 aromatic carbocycles. The van der Waals surface area contributed by atoms with Gasteiger partial charge in [-0.25, -0.2) is 0 Å². The van der Waals surface area contributed by atoms with Gasteiger partial charge >= 0.3 is 0 Å². The molecule has 0 aromatic rings. The molecule has 0 saturated heterocycles. The first-order valence-electron chi connectivity index (χ1n) is 13.3. The minimum Gasteiger partial charge on any atom is -0.396 e. The van der Waals surface area contributed by atoms with Gasteiger partial charge in [0.15, 0.2) is 6.29 Å². The fourth-order valence-electron chi connectivity index (χ4n) is 3.65. The molecule has 3 heteroatoms. The Balaban J connectivity index is 3.85. The van der Waals surface area contributed by atoms with E-state index in [0.717, 1.165) is 32.5 Å². The molecule has 3 nitrogen and oxygen atoms in total.